The average molecular weight is 163 g/mol. The van der Waals surface area contributed by atoms with Crippen LogP contribution >= 0.6 is 0 Å². The van der Waals surface area contributed by atoms with E-state index >= 15 is 0 Å². The molecule has 2 N–H and O–H groups in total. The summed E-state index contributed by atoms with van der Waals surface area (Å²) in [4.78, 5) is 0. The Morgan fingerprint density at radius 3 is 2.75 bits per heavy atom. The van der Waals surface area contributed by atoms with Crippen molar-refractivity contribution < 1.29 is 8.83 Å². The average Bonchev–Trinajstić information content (AvgIpc) is 2.74. The van der Waals surface area contributed by atoms with Crippen LogP contribution in [0, 0.1) is 0 Å². The van der Waals surface area contributed by atoms with Gasteiger partial charge in [-0.05, 0) is 18.2 Å². The maximum atomic E-state index is 5.47. The molecule has 0 saturated heterocycles. The minimum absolute atomic E-state index is 0.392. The third kappa shape index (κ3) is 1.04. The summed E-state index contributed by atoms with van der Waals surface area (Å²) >= 11 is 0. The van der Waals surface area contributed by atoms with Crippen LogP contribution in [-0.2, 0) is 6.54 Å². The summed E-state index contributed by atoms with van der Waals surface area (Å²) in [6, 6.07) is 5.56. The zero-order valence-corrected chi connectivity index (χ0v) is 6.49. The lowest BCUT2D eigenvalue weighted by molar-refractivity contribution is 0.510. The van der Waals surface area contributed by atoms with Gasteiger partial charge in [-0.25, -0.2) is 0 Å². The van der Waals surface area contributed by atoms with Gasteiger partial charge < -0.3 is 14.6 Å². The van der Waals surface area contributed by atoms with Gasteiger partial charge >= 0.3 is 0 Å². The molecule has 0 amide bonds. The summed E-state index contributed by atoms with van der Waals surface area (Å²) in [7, 11) is 0. The lowest BCUT2D eigenvalue weighted by Gasteiger charge is -1.93. The van der Waals surface area contributed by atoms with E-state index < -0.39 is 0 Å². The molecule has 2 rings (SSSR count). The van der Waals surface area contributed by atoms with Crippen LogP contribution in [-0.4, -0.2) is 0 Å². The highest BCUT2D eigenvalue weighted by molar-refractivity contribution is 5.59. The van der Waals surface area contributed by atoms with Crippen molar-refractivity contribution in [3.05, 3.63) is 36.5 Å². The molecular formula is C9H9NO2. The maximum Gasteiger partial charge on any atom is 0.137 e. The fourth-order valence-electron chi connectivity index (χ4n) is 1.15. The van der Waals surface area contributed by atoms with Gasteiger partial charge in [-0.15, -0.1) is 0 Å². The molecule has 0 aliphatic heterocycles. The molecule has 62 valence electrons. The Bertz CT molecular complexity index is 348. The van der Waals surface area contributed by atoms with Crippen molar-refractivity contribution in [2.24, 2.45) is 5.73 Å². The Balaban J connectivity index is 2.46. The van der Waals surface area contributed by atoms with Gasteiger partial charge in [0.25, 0.3) is 0 Å². The first-order chi connectivity index (χ1) is 5.92. The quantitative estimate of drug-likeness (QED) is 0.736. The van der Waals surface area contributed by atoms with E-state index in [2.05, 4.69) is 0 Å². The third-order valence-corrected chi connectivity index (χ3v) is 1.72. The van der Waals surface area contributed by atoms with E-state index in [4.69, 9.17) is 14.6 Å². The van der Waals surface area contributed by atoms with Crippen molar-refractivity contribution in [3.63, 3.8) is 0 Å². The Morgan fingerprint density at radius 2 is 2.08 bits per heavy atom. The molecule has 0 saturated carbocycles. The topological polar surface area (TPSA) is 52.3 Å². The van der Waals surface area contributed by atoms with E-state index in [0.717, 1.165) is 17.1 Å². The molecule has 0 bridgehead atoms. The summed E-state index contributed by atoms with van der Waals surface area (Å²) in [6.07, 6.45) is 3.24. The third-order valence-electron chi connectivity index (χ3n) is 1.72. The monoisotopic (exact) mass is 163 g/mol. The van der Waals surface area contributed by atoms with E-state index in [1.54, 1.807) is 12.5 Å². The highest BCUT2D eigenvalue weighted by Gasteiger charge is 2.08. The number of rotatable bonds is 2. The fraction of sp³-hybridized carbons (Fsp3) is 0.111. The van der Waals surface area contributed by atoms with Gasteiger partial charge in [0.1, 0.15) is 11.5 Å². The first kappa shape index (κ1) is 7.18. The van der Waals surface area contributed by atoms with E-state index in [-0.39, 0.29) is 0 Å². The van der Waals surface area contributed by atoms with Gasteiger partial charge in [0, 0.05) is 0 Å². The minimum Gasteiger partial charge on any atom is -0.467 e. The summed E-state index contributed by atoms with van der Waals surface area (Å²) in [5.74, 6) is 1.55. The van der Waals surface area contributed by atoms with Gasteiger partial charge in [0.2, 0.25) is 0 Å². The van der Waals surface area contributed by atoms with Crippen LogP contribution in [0.1, 0.15) is 5.76 Å². The SMILES string of the molecule is NCc1occc1-c1ccco1. The van der Waals surface area contributed by atoms with Crippen LogP contribution in [0.3, 0.4) is 0 Å². The second kappa shape index (κ2) is 2.87. The summed E-state index contributed by atoms with van der Waals surface area (Å²) in [5.41, 5.74) is 6.40. The molecule has 0 aromatic carbocycles. The highest BCUT2D eigenvalue weighted by Crippen LogP contribution is 2.24. The lowest BCUT2D eigenvalue weighted by Crippen LogP contribution is -1.95. The van der Waals surface area contributed by atoms with Gasteiger partial charge in [-0.2, -0.15) is 0 Å². The Hall–Kier alpha value is -1.48. The first-order valence-electron chi connectivity index (χ1n) is 3.72. The molecule has 2 heterocycles. The van der Waals surface area contributed by atoms with Crippen molar-refractivity contribution in [2.75, 3.05) is 0 Å². The van der Waals surface area contributed by atoms with Crippen LogP contribution in [0.2, 0.25) is 0 Å². The minimum atomic E-state index is 0.392. The van der Waals surface area contributed by atoms with E-state index in [1.165, 1.54) is 0 Å². The standard InChI is InChI=1S/C9H9NO2/c10-6-9-7(3-5-12-9)8-2-1-4-11-8/h1-5H,6,10H2. The summed E-state index contributed by atoms with van der Waals surface area (Å²) in [6.45, 7) is 0.392. The van der Waals surface area contributed by atoms with Gasteiger partial charge in [-0.1, -0.05) is 0 Å². The molecule has 0 spiro atoms. The molecule has 3 heteroatoms. The van der Waals surface area contributed by atoms with E-state index in [9.17, 15) is 0 Å². The van der Waals surface area contributed by atoms with Crippen molar-refractivity contribution >= 4 is 0 Å². The molecular weight excluding hydrogens is 154 g/mol. The summed E-state index contributed by atoms with van der Waals surface area (Å²) < 4.78 is 10.4. The second-order valence-electron chi connectivity index (χ2n) is 2.44. The zero-order valence-electron chi connectivity index (χ0n) is 6.49. The van der Waals surface area contributed by atoms with Crippen LogP contribution in [0.15, 0.2) is 39.6 Å². The molecule has 12 heavy (non-hydrogen) atoms. The van der Waals surface area contributed by atoms with Gasteiger partial charge in [0.05, 0.1) is 24.6 Å². The van der Waals surface area contributed by atoms with Crippen LogP contribution in [0.5, 0.6) is 0 Å². The molecule has 0 aliphatic rings. The van der Waals surface area contributed by atoms with Gasteiger partial charge in [0.15, 0.2) is 0 Å². The van der Waals surface area contributed by atoms with Crippen LogP contribution < -0.4 is 5.73 Å². The second-order valence-corrected chi connectivity index (χ2v) is 2.44. The zero-order chi connectivity index (χ0) is 8.39. The first-order valence-corrected chi connectivity index (χ1v) is 3.72. The largest absolute Gasteiger partial charge is 0.467 e. The van der Waals surface area contributed by atoms with Crippen molar-refractivity contribution in [2.45, 2.75) is 6.54 Å². The molecule has 0 fully saturated rings. The smallest absolute Gasteiger partial charge is 0.137 e. The Kier molecular flexibility index (Phi) is 1.72. The molecule has 2 aromatic heterocycles. The predicted molar refractivity (Wildman–Crippen MR) is 44.3 cm³/mol. The van der Waals surface area contributed by atoms with Crippen molar-refractivity contribution in [1.29, 1.82) is 0 Å². The normalized spacial score (nSPS) is 10.4. The summed E-state index contributed by atoms with van der Waals surface area (Å²) in [5, 5.41) is 0. The Labute approximate surface area is 69.8 Å². The Morgan fingerprint density at radius 1 is 1.17 bits per heavy atom. The fourth-order valence-corrected chi connectivity index (χ4v) is 1.15. The molecule has 3 nitrogen and oxygen atoms in total. The van der Waals surface area contributed by atoms with Crippen LogP contribution in [0.4, 0.5) is 0 Å². The molecule has 0 aliphatic carbocycles. The number of hydrogen-bond donors (Lipinski definition) is 1. The van der Waals surface area contributed by atoms with Gasteiger partial charge in [-0.3, -0.25) is 0 Å². The molecule has 2 aromatic rings. The predicted octanol–water partition coefficient (Wildman–Crippen LogP) is 2.00. The molecule has 0 atom stereocenters. The van der Waals surface area contributed by atoms with Crippen molar-refractivity contribution in [1.82, 2.24) is 0 Å². The number of nitrogens with two attached hydrogens (primary N) is 1. The lowest BCUT2D eigenvalue weighted by atomic mass is 10.2. The highest BCUT2D eigenvalue weighted by atomic mass is 16.3. The molecule has 0 unspecified atom stereocenters. The number of furan rings is 2. The van der Waals surface area contributed by atoms with E-state index in [1.807, 2.05) is 18.2 Å². The number of hydrogen-bond acceptors (Lipinski definition) is 3. The molecule has 0 radical (unpaired) electrons. The maximum absolute atomic E-state index is 5.47. The van der Waals surface area contributed by atoms with Crippen LogP contribution in [0.25, 0.3) is 11.3 Å². The van der Waals surface area contributed by atoms with E-state index in [0.29, 0.717) is 6.54 Å². The van der Waals surface area contributed by atoms with Crippen molar-refractivity contribution in [3.8, 4) is 11.3 Å².